The van der Waals surface area contributed by atoms with Crippen LogP contribution in [0.25, 0.3) is 6.08 Å². The van der Waals surface area contributed by atoms with Crippen molar-refractivity contribution in [1.82, 2.24) is 5.32 Å². The molecule has 0 aliphatic carbocycles. The first-order valence-corrected chi connectivity index (χ1v) is 11.6. The number of carbonyl (C=O) groups is 3. The van der Waals surface area contributed by atoms with Crippen LogP contribution in [0, 0.1) is 0 Å². The number of furan rings is 1. The van der Waals surface area contributed by atoms with Crippen LogP contribution >= 0.6 is 39.3 Å². The van der Waals surface area contributed by atoms with Crippen molar-refractivity contribution in [2.75, 3.05) is 4.90 Å². The van der Waals surface area contributed by atoms with Gasteiger partial charge in [0.25, 0.3) is 11.8 Å². The van der Waals surface area contributed by atoms with Gasteiger partial charge in [0.1, 0.15) is 11.3 Å². The van der Waals surface area contributed by atoms with Gasteiger partial charge in [-0.1, -0.05) is 48.5 Å². The Bertz CT molecular complexity index is 1250. The van der Waals surface area contributed by atoms with Gasteiger partial charge in [-0.15, -0.1) is 0 Å². The predicted molar refractivity (Wildman–Crippen MR) is 127 cm³/mol. The van der Waals surface area contributed by atoms with Crippen LogP contribution in [0.3, 0.4) is 0 Å². The Kier molecular flexibility index (Phi) is 6.55. The summed E-state index contributed by atoms with van der Waals surface area (Å²) in [6.07, 6.45) is 1.96. The summed E-state index contributed by atoms with van der Waals surface area (Å²) in [6.45, 7) is 1.92. The maximum absolute atomic E-state index is 13.1. The summed E-state index contributed by atoms with van der Waals surface area (Å²) in [7, 11) is 0. The largest absolute Gasteiger partial charge is 0.449 e. The summed E-state index contributed by atoms with van der Waals surface area (Å²) in [4.78, 5) is 39.9. The number of benzene rings is 2. The number of hydrogen-bond acceptors (Lipinski definition) is 5. The van der Waals surface area contributed by atoms with E-state index < -0.39 is 17.8 Å². The van der Waals surface area contributed by atoms with Crippen molar-refractivity contribution in [2.45, 2.75) is 23.3 Å². The molecule has 9 heteroatoms. The van der Waals surface area contributed by atoms with Crippen molar-refractivity contribution in [1.29, 1.82) is 0 Å². The minimum Gasteiger partial charge on any atom is -0.449 e. The topological polar surface area (TPSA) is 79.6 Å². The number of halogens is 2. The predicted octanol–water partition coefficient (Wildman–Crippen LogP) is 6.08. The number of para-hydroxylation sites is 1. The molecule has 4 rings (SSSR count). The number of urea groups is 1. The van der Waals surface area contributed by atoms with Crippen molar-refractivity contribution >= 4 is 68.9 Å². The zero-order valence-electron chi connectivity index (χ0n) is 16.7. The second-order valence-corrected chi connectivity index (χ2v) is 9.12. The molecule has 0 spiro atoms. The van der Waals surface area contributed by atoms with Gasteiger partial charge in [-0.25, -0.2) is 9.69 Å². The Morgan fingerprint density at radius 1 is 1.12 bits per heavy atom. The molecule has 3 aromatic rings. The molecule has 32 heavy (non-hydrogen) atoms. The van der Waals surface area contributed by atoms with Crippen LogP contribution in [0.4, 0.5) is 10.5 Å². The number of nitrogens with one attached hydrogen (secondary N) is 1. The molecule has 0 unspecified atom stereocenters. The molecule has 2 heterocycles. The van der Waals surface area contributed by atoms with Crippen LogP contribution in [0.15, 0.2) is 79.0 Å². The van der Waals surface area contributed by atoms with Gasteiger partial charge < -0.3 is 4.42 Å². The molecule has 1 aromatic heterocycles. The number of amides is 4. The highest BCUT2D eigenvalue weighted by molar-refractivity contribution is 9.10. The van der Waals surface area contributed by atoms with Crippen molar-refractivity contribution < 1.29 is 18.8 Å². The summed E-state index contributed by atoms with van der Waals surface area (Å²) in [5.74, 6) is -1.19. The highest BCUT2D eigenvalue weighted by Crippen LogP contribution is 2.37. The highest BCUT2D eigenvalue weighted by atomic mass is 79.9. The first-order valence-electron chi connectivity index (χ1n) is 9.59. The van der Waals surface area contributed by atoms with Crippen LogP contribution in [0.5, 0.6) is 0 Å². The number of rotatable bonds is 5. The second kappa shape index (κ2) is 9.36. The number of imide groups is 2. The van der Waals surface area contributed by atoms with Crippen molar-refractivity contribution in [3.8, 4) is 0 Å². The second-order valence-electron chi connectivity index (χ2n) is 6.78. The van der Waals surface area contributed by atoms with E-state index in [0.29, 0.717) is 32.5 Å². The lowest BCUT2D eigenvalue weighted by molar-refractivity contribution is -0.122. The van der Waals surface area contributed by atoms with Gasteiger partial charge in [0.05, 0.1) is 10.2 Å². The SMILES string of the molecule is CCc1ccccc1N1C(=O)NC(=O)C(=Cc2cc(Br)c(Sc3ccc(Cl)cc3)o2)C1=O. The molecule has 2 aromatic carbocycles. The molecule has 1 aliphatic heterocycles. The zero-order valence-corrected chi connectivity index (χ0v) is 19.9. The van der Waals surface area contributed by atoms with E-state index in [9.17, 15) is 14.4 Å². The van der Waals surface area contributed by atoms with E-state index in [1.54, 1.807) is 30.3 Å². The molecule has 1 saturated heterocycles. The fourth-order valence-corrected chi connectivity index (χ4v) is 4.62. The van der Waals surface area contributed by atoms with Gasteiger partial charge in [0, 0.05) is 9.92 Å². The maximum atomic E-state index is 13.1. The van der Waals surface area contributed by atoms with Crippen LogP contribution in [-0.4, -0.2) is 17.8 Å². The number of anilines is 1. The Hall–Kier alpha value is -2.81. The number of aryl methyl sites for hydroxylation is 1. The van der Waals surface area contributed by atoms with Crippen LogP contribution < -0.4 is 10.2 Å². The monoisotopic (exact) mass is 530 g/mol. The van der Waals surface area contributed by atoms with Crippen LogP contribution in [0.1, 0.15) is 18.2 Å². The standard InChI is InChI=1S/C23H16BrClN2O4S/c1-2-13-5-3-4-6-19(13)27-21(29)17(20(28)26-23(27)30)11-15-12-18(24)22(31-15)32-16-9-7-14(25)8-10-16/h3-12H,2H2,1H3,(H,26,28,30). The van der Waals surface area contributed by atoms with Gasteiger partial charge in [-0.2, -0.15) is 0 Å². The van der Waals surface area contributed by atoms with E-state index in [0.717, 1.165) is 15.4 Å². The normalized spacial score (nSPS) is 15.4. The molecular weight excluding hydrogens is 516 g/mol. The van der Waals surface area contributed by atoms with Crippen LogP contribution in [0.2, 0.25) is 5.02 Å². The smallest absolute Gasteiger partial charge is 0.335 e. The van der Waals surface area contributed by atoms with Crippen LogP contribution in [-0.2, 0) is 16.0 Å². The molecule has 162 valence electrons. The summed E-state index contributed by atoms with van der Waals surface area (Å²) < 4.78 is 6.50. The van der Waals surface area contributed by atoms with E-state index in [2.05, 4.69) is 21.2 Å². The summed E-state index contributed by atoms with van der Waals surface area (Å²) in [6, 6.07) is 15.2. The minimum atomic E-state index is -0.780. The number of nitrogens with zero attached hydrogens (tertiary/aromatic N) is 1. The zero-order chi connectivity index (χ0) is 22.8. The maximum Gasteiger partial charge on any atom is 0.335 e. The minimum absolute atomic E-state index is 0.195. The molecule has 1 fully saturated rings. The molecule has 4 amide bonds. The van der Waals surface area contributed by atoms with Gasteiger partial charge >= 0.3 is 6.03 Å². The lowest BCUT2D eigenvalue weighted by atomic mass is 10.1. The van der Waals surface area contributed by atoms with E-state index in [4.69, 9.17) is 16.0 Å². The Morgan fingerprint density at radius 2 is 1.84 bits per heavy atom. The third kappa shape index (κ3) is 4.53. The van der Waals surface area contributed by atoms with Crippen molar-refractivity contribution in [3.05, 3.63) is 81.0 Å². The molecule has 0 bridgehead atoms. The third-order valence-corrected chi connectivity index (χ3v) is 6.80. The summed E-state index contributed by atoms with van der Waals surface area (Å²) >= 11 is 10.7. The highest BCUT2D eigenvalue weighted by Gasteiger charge is 2.37. The van der Waals surface area contributed by atoms with Gasteiger partial charge in [-0.05, 0) is 70.4 Å². The molecule has 1 N–H and O–H groups in total. The fourth-order valence-electron chi connectivity index (χ4n) is 3.17. The van der Waals surface area contributed by atoms with Gasteiger partial charge in [-0.3, -0.25) is 14.9 Å². The van der Waals surface area contributed by atoms with E-state index >= 15 is 0 Å². The number of carbonyl (C=O) groups excluding carboxylic acids is 3. The van der Waals surface area contributed by atoms with Crippen molar-refractivity contribution in [2.24, 2.45) is 0 Å². The Labute approximate surface area is 201 Å². The number of barbiturate groups is 1. The van der Waals surface area contributed by atoms with Gasteiger partial charge in [0.2, 0.25) is 0 Å². The quantitative estimate of drug-likeness (QED) is 0.319. The lowest BCUT2D eigenvalue weighted by Crippen LogP contribution is -2.54. The molecule has 6 nitrogen and oxygen atoms in total. The fraction of sp³-hybridized carbons (Fsp3) is 0.0870. The van der Waals surface area contributed by atoms with E-state index in [1.807, 2.05) is 31.2 Å². The molecule has 0 saturated carbocycles. The first kappa shape index (κ1) is 22.4. The summed E-state index contributed by atoms with van der Waals surface area (Å²) in [5.41, 5.74) is 1.06. The lowest BCUT2D eigenvalue weighted by Gasteiger charge is -2.27. The molecular formula is C23H16BrClN2O4S. The number of hydrogen-bond donors (Lipinski definition) is 1. The van der Waals surface area contributed by atoms with E-state index in [1.165, 1.54) is 17.8 Å². The molecule has 1 aliphatic rings. The van der Waals surface area contributed by atoms with E-state index in [-0.39, 0.29) is 5.57 Å². The average molecular weight is 532 g/mol. The molecule has 0 atom stereocenters. The van der Waals surface area contributed by atoms with Crippen molar-refractivity contribution in [3.63, 3.8) is 0 Å². The summed E-state index contributed by atoms with van der Waals surface area (Å²) in [5, 5.41) is 3.41. The Balaban J connectivity index is 1.65. The Morgan fingerprint density at radius 3 is 2.56 bits per heavy atom. The molecule has 0 radical (unpaired) electrons. The third-order valence-electron chi connectivity index (χ3n) is 4.70. The average Bonchev–Trinajstić information content (AvgIpc) is 3.11. The first-order chi connectivity index (χ1) is 15.4. The van der Waals surface area contributed by atoms with Gasteiger partial charge in [0.15, 0.2) is 5.09 Å².